The predicted octanol–water partition coefficient (Wildman–Crippen LogP) is 3.86. The Hall–Kier alpha value is -2.36. The predicted molar refractivity (Wildman–Crippen MR) is 89.9 cm³/mol. The van der Waals surface area contributed by atoms with Gasteiger partial charge in [0.25, 0.3) is 0 Å². The lowest BCUT2D eigenvalue weighted by molar-refractivity contribution is 0.444. The van der Waals surface area contributed by atoms with Crippen molar-refractivity contribution in [3.05, 3.63) is 42.6 Å². The second kappa shape index (κ2) is 5.44. The summed E-state index contributed by atoms with van der Waals surface area (Å²) in [7, 11) is 0. The molecule has 4 rings (SSSR count). The van der Waals surface area contributed by atoms with Crippen LogP contribution in [0.5, 0.6) is 0 Å². The fourth-order valence-electron chi connectivity index (χ4n) is 3.32. The molecule has 1 fully saturated rings. The Bertz CT molecular complexity index is 792. The molecule has 0 radical (unpaired) electrons. The van der Waals surface area contributed by atoms with Crippen molar-refractivity contribution in [3.8, 4) is 11.3 Å². The van der Waals surface area contributed by atoms with E-state index in [-0.39, 0.29) is 0 Å². The quantitative estimate of drug-likeness (QED) is 0.780. The first-order valence-electron chi connectivity index (χ1n) is 7.96. The lowest BCUT2D eigenvalue weighted by Gasteiger charge is -2.32. The first kappa shape index (κ1) is 13.3. The molecule has 1 N–H and O–H groups in total. The van der Waals surface area contributed by atoms with E-state index in [9.17, 15) is 0 Å². The lowest BCUT2D eigenvalue weighted by Crippen LogP contribution is -2.34. The number of aromatic nitrogens is 3. The maximum Gasteiger partial charge on any atom is 0.129 e. The van der Waals surface area contributed by atoms with Gasteiger partial charge in [0.1, 0.15) is 11.5 Å². The van der Waals surface area contributed by atoms with Crippen LogP contribution in [0.3, 0.4) is 0 Å². The third-order valence-corrected chi connectivity index (χ3v) is 4.47. The van der Waals surface area contributed by atoms with Crippen LogP contribution in [0.1, 0.15) is 19.8 Å². The molecule has 4 nitrogen and oxygen atoms in total. The second-order valence-electron chi connectivity index (χ2n) is 6.21. The molecule has 112 valence electrons. The fourth-order valence-corrected chi connectivity index (χ4v) is 3.32. The maximum atomic E-state index is 4.58. The van der Waals surface area contributed by atoms with Crippen LogP contribution >= 0.6 is 0 Å². The maximum absolute atomic E-state index is 4.58. The van der Waals surface area contributed by atoms with Gasteiger partial charge in [-0.05, 0) is 37.0 Å². The first-order valence-corrected chi connectivity index (χ1v) is 7.96. The van der Waals surface area contributed by atoms with Crippen LogP contribution in [0.15, 0.2) is 42.6 Å². The van der Waals surface area contributed by atoms with Crippen LogP contribution in [0.4, 0.5) is 5.82 Å². The molecule has 3 heterocycles. The SMILES string of the molecule is CC1CCCN(c2cc(-c3n[nH]c4ccccc34)ccn2)C1. The smallest absolute Gasteiger partial charge is 0.129 e. The average molecular weight is 292 g/mol. The van der Waals surface area contributed by atoms with E-state index < -0.39 is 0 Å². The summed E-state index contributed by atoms with van der Waals surface area (Å²) >= 11 is 0. The second-order valence-corrected chi connectivity index (χ2v) is 6.21. The van der Waals surface area contributed by atoms with Gasteiger partial charge in [-0.15, -0.1) is 0 Å². The summed E-state index contributed by atoms with van der Waals surface area (Å²) in [5.41, 5.74) is 3.20. The molecular formula is C18H20N4. The minimum atomic E-state index is 0.741. The van der Waals surface area contributed by atoms with E-state index in [4.69, 9.17) is 0 Å². The summed E-state index contributed by atoms with van der Waals surface area (Å²) in [6, 6.07) is 12.4. The molecule has 1 unspecified atom stereocenters. The summed E-state index contributed by atoms with van der Waals surface area (Å²) in [5.74, 6) is 1.81. The number of piperidine rings is 1. The molecule has 3 aromatic rings. The summed E-state index contributed by atoms with van der Waals surface area (Å²) in [5, 5.41) is 8.76. The van der Waals surface area contributed by atoms with Crippen molar-refractivity contribution in [2.45, 2.75) is 19.8 Å². The molecular weight excluding hydrogens is 272 g/mol. The van der Waals surface area contributed by atoms with Crippen molar-refractivity contribution in [2.24, 2.45) is 5.92 Å². The van der Waals surface area contributed by atoms with Crippen LogP contribution in [-0.2, 0) is 0 Å². The van der Waals surface area contributed by atoms with Gasteiger partial charge in [0, 0.05) is 30.2 Å². The molecule has 1 aliphatic rings. The normalized spacial score (nSPS) is 18.8. The number of nitrogens with zero attached hydrogens (tertiary/aromatic N) is 3. The first-order chi connectivity index (χ1) is 10.8. The Kier molecular flexibility index (Phi) is 3.29. The zero-order valence-corrected chi connectivity index (χ0v) is 12.8. The van der Waals surface area contributed by atoms with E-state index in [0.29, 0.717) is 0 Å². The minimum Gasteiger partial charge on any atom is -0.356 e. The highest BCUT2D eigenvalue weighted by Crippen LogP contribution is 2.29. The number of para-hydroxylation sites is 1. The topological polar surface area (TPSA) is 44.8 Å². The van der Waals surface area contributed by atoms with Crippen molar-refractivity contribution in [3.63, 3.8) is 0 Å². The molecule has 0 spiro atoms. The van der Waals surface area contributed by atoms with Crippen LogP contribution in [0.25, 0.3) is 22.2 Å². The van der Waals surface area contributed by atoms with Gasteiger partial charge in [-0.3, -0.25) is 5.10 Å². The number of nitrogens with one attached hydrogen (secondary N) is 1. The zero-order chi connectivity index (χ0) is 14.9. The van der Waals surface area contributed by atoms with Crippen molar-refractivity contribution < 1.29 is 0 Å². The van der Waals surface area contributed by atoms with Crippen molar-refractivity contribution in [2.75, 3.05) is 18.0 Å². The molecule has 0 aliphatic carbocycles. The van der Waals surface area contributed by atoms with Gasteiger partial charge in [0.15, 0.2) is 0 Å². The highest BCUT2D eigenvalue weighted by atomic mass is 15.2. The molecule has 1 aromatic carbocycles. The van der Waals surface area contributed by atoms with Crippen molar-refractivity contribution in [1.29, 1.82) is 0 Å². The Labute approximate surface area is 130 Å². The van der Waals surface area contributed by atoms with Gasteiger partial charge >= 0.3 is 0 Å². The van der Waals surface area contributed by atoms with E-state index in [1.54, 1.807) is 0 Å². The molecule has 1 aliphatic heterocycles. The van der Waals surface area contributed by atoms with E-state index in [1.165, 1.54) is 12.8 Å². The number of rotatable bonds is 2. The summed E-state index contributed by atoms with van der Waals surface area (Å²) < 4.78 is 0. The third kappa shape index (κ3) is 2.34. The van der Waals surface area contributed by atoms with E-state index >= 15 is 0 Å². The molecule has 1 saturated heterocycles. The van der Waals surface area contributed by atoms with Gasteiger partial charge < -0.3 is 4.90 Å². The Morgan fingerprint density at radius 2 is 2.14 bits per heavy atom. The van der Waals surface area contributed by atoms with Gasteiger partial charge in [0.05, 0.1) is 5.52 Å². The Morgan fingerprint density at radius 3 is 3.05 bits per heavy atom. The standard InChI is InChI=1S/C18H20N4/c1-13-5-4-10-22(12-13)17-11-14(8-9-19-17)18-15-6-2-3-7-16(15)20-21-18/h2-3,6-9,11,13H,4-5,10,12H2,1H3,(H,20,21). The molecule has 0 amide bonds. The summed E-state index contributed by atoms with van der Waals surface area (Å²) in [4.78, 5) is 6.97. The van der Waals surface area contributed by atoms with Gasteiger partial charge in [-0.25, -0.2) is 4.98 Å². The number of pyridine rings is 1. The van der Waals surface area contributed by atoms with Gasteiger partial charge in [-0.2, -0.15) is 5.10 Å². The van der Waals surface area contributed by atoms with Crippen LogP contribution in [0.2, 0.25) is 0 Å². The highest BCUT2D eigenvalue weighted by Gasteiger charge is 2.18. The monoisotopic (exact) mass is 292 g/mol. The number of hydrogen-bond acceptors (Lipinski definition) is 3. The zero-order valence-electron chi connectivity index (χ0n) is 12.8. The van der Waals surface area contributed by atoms with E-state index in [1.807, 2.05) is 18.3 Å². The molecule has 22 heavy (non-hydrogen) atoms. The van der Waals surface area contributed by atoms with Crippen LogP contribution in [0, 0.1) is 5.92 Å². The highest BCUT2D eigenvalue weighted by molar-refractivity contribution is 5.93. The number of aromatic amines is 1. The molecule has 0 saturated carbocycles. The van der Waals surface area contributed by atoms with E-state index in [0.717, 1.165) is 47.0 Å². The van der Waals surface area contributed by atoms with Crippen LogP contribution < -0.4 is 4.90 Å². The number of anilines is 1. The van der Waals surface area contributed by atoms with Gasteiger partial charge in [0.2, 0.25) is 0 Å². The third-order valence-electron chi connectivity index (χ3n) is 4.47. The summed E-state index contributed by atoms with van der Waals surface area (Å²) in [6.07, 6.45) is 4.46. The van der Waals surface area contributed by atoms with Crippen molar-refractivity contribution >= 4 is 16.7 Å². The Morgan fingerprint density at radius 1 is 1.23 bits per heavy atom. The van der Waals surface area contributed by atoms with Crippen molar-refractivity contribution in [1.82, 2.24) is 15.2 Å². The molecule has 4 heteroatoms. The number of H-pyrrole nitrogens is 1. The van der Waals surface area contributed by atoms with Crippen LogP contribution in [-0.4, -0.2) is 28.3 Å². The Balaban J connectivity index is 1.72. The number of fused-ring (bicyclic) bond motifs is 1. The number of hydrogen-bond donors (Lipinski definition) is 1. The lowest BCUT2D eigenvalue weighted by atomic mass is 10.00. The fraction of sp³-hybridized carbons (Fsp3) is 0.333. The average Bonchev–Trinajstić information content (AvgIpc) is 2.99. The van der Waals surface area contributed by atoms with E-state index in [2.05, 4.69) is 51.3 Å². The molecule has 1 atom stereocenters. The number of benzene rings is 1. The van der Waals surface area contributed by atoms with Gasteiger partial charge in [-0.1, -0.05) is 25.1 Å². The molecule has 0 bridgehead atoms. The minimum absolute atomic E-state index is 0.741. The largest absolute Gasteiger partial charge is 0.356 e. The summed E-state index contributed by atoms with van der Waals surface area (Å²) in [6.45, 7) is 4.51. The molecule has 2 aromatic heterocycles.